The number of nitrogens with zero attached hydrogens (tertiary/aromatic N) is 3. The number of aromatic nitrogens is 3. The molecule has 4 atom stereocenters. The minimum atomic E-state index is -0.0101. The largest absolute Gasteiger partial charge is 0.349 e. The van der Waals surface area contributed by atoms with E-state index in [0.717, 1.165) is 44.6 Å². The van der Waals surface area contributed by atoms with Gasteiger partial charge in [0.15, 0.2) is 0 Å². The Morgan fingerprint density at radius 2 is 2.03 bits per heavy atom. The highest BCUT2D eigenvalue weighted by Gasteiger charge is 2.51. The van der Waals surface area contributed by atoms with Gasteiger partial charge in [0.2, 0.25) is 0 Å². The molecule has 29 heavy (non-hydrogen) atoms. The lowest BCUT2D eigenvalue weighted by Crippen LogP contribution is -2.40. The molecular formula is C22H30ClN5O. The number of carbonyl (C=O) groups is 1. The highest BCUT2D eigenvalue weighted by atomic mass is 35.5. The van der Waals surface area contributed by atoms with Crippen molar-refractivity contribution in [2.24, 2.45) is 17.8 Å². The minimum absolute atomic E-state index is 0.0101. The summed E-state index contributed by atoms with van der Waals surface area (Å²) in [7, 11) is 0. The summed E-state index contributed by atoms with van der Waals surface area (Å²) in [4.78, 5) is 12.7. The van der Waals surface area contributed by atoms with E-state index in [1.54, 1.807) is 24.3 Å². The summed E-state index contributed by atoms with van der Waals surface area (Å²) in [5, 5.41) is 15.8. The first-order valence-electron chi connectivity index (χ1n) is 10.8. The molecule has 0 spiro atoms. The lowest BCUT2D eigenvalue weighted by molar-refractivity contribution is 0.0928. The molecule has 1 saturated carbocycles. The standard InChI is InChI=1S/C22H30ClN5O/c1-3-17-18(9-10-28-13-20(26-27-28)15-11-24-12-15)21(17)19(4-2)25-22(29)14-5-7-16(23)8-6-14/h5-8,13,15,17-19,21,24H,3-4,9-12H2,1-2H3,(H,25,29). The number of halogens is 1. The van der Waals surface area contributed by atoms with Crippen molar-refractivity contribution < 1.29 is 4.79 Å². The average molecular weight is 416 g/mol. The second-order valence-electron chi connectivity index (χ2n) is 8.36. The maximum Gasteiger partial charge on any atom is 0.251 e. The van der Waals surface area contributed by atoms with Gasteiger partial charge in [0.1, 0.15) is 0 Å². The summed E-state index contributed by atoms with van der Waals surface area (Å²) in [6.45, 7) is 7.32. The van der Waals surface area contributed by atoms with Gasteiger partial charge >= 0.3 is 0 Å². The topological polar surface area (TPSA) is 71.8 Å². The molecule has 2 aromatic rings. The predicted molar refractivity (Wildman–Crippen MR) is 114 cm³/mol. The van der Waals surface area contributed by atoms with Gasteiger partial charge in [-0.2, -0.15) is 0 Å². The third-order valence-electron chi connectivity index (χ3n) is 6.64. The van der Waals surface area contributed by atoms with Gasteiger partial charge in [0, 0.05) is 48.4 Å². The SMILES string of the molecule is CCC(NC(=O)c1ccc(Cl)cc1)C1C(CC)C1CCn1cc(C2CNC2)nn1. The van der Waals surface area contributed by atoms with Crippen LogP contribution in [0, 0.1) is 17.8 Å². The van der Waals surface area contributed by atoms with E-state index in [0.29, 0.717) is 34.3 Å². The van der Waals surface area contributed by atoms with E-state index < -0.39 is 0 Å². The molecule has 1 saturated heterocycles. The first-order valence-corrected chi connectivity index (χ1v) is 11.2. The molecule has 2 heterocycles. The zero-order chi connectivity index (χ0) is 20.4. The summed E-state index contributed by atoms with van der Waals surface area (Å²) < 4.78 is 1.99. The number of carbonyl (C=O) groups excluding carboxylic acids is 1. The van der Waals surface area contributed by atoms with Crippen molar-refractivity contribution in [3.05, 3.63) is 46.7 Å². The molecule has 1 aliphatic carbocycles. The summed E-state index contributed by atoms with van der Waals surface area (Å²) in [5.41, 5.74) is 1.77. The number of aryl methyl sites for hydroxylation is 1. The molecule has 156 valence electrons. The van der Waals surface area contributed by atoms with E-state index in [1.807, 2.05) is 4.68 Å². The number of amides is 1. The quantitative estimate of drug-likeness (QED) is 0.657. The van der Waals surface area contributed by atoms with Crippen molar-refractivity contribution in [2.45, 2.75) is 51.6 Å². The van der Waals surface area contributed by atoms with Crippen molar-refractivity contribution in [3.8, 4) is 0 Å². The Labute approximate surface area is 177 Å². The minimum Gasteiger partial charge on any atom is -0.349 e. The molecule has 2 fully saturated rings. The molecule has 4 rings (SSSR count). The van der Waals surface area contributed by atoms with E-state index >= 15 is 0 Å². The van der Waals surface area contributed by atoms with Crippen LogP contribution in [-0.2, 0) is 6.54 Å². The number of rotatable bonds is 9. The van der Waals surface area contributed by atoms with Crippen LogP contribution in [0.1, 0.15) is 55.1 Å². The fourth-order valence-corrected chi connectivity index (χ4v) is 4.89. The first-order chi connectivity index (χ1) is 14.1. The lowest BCUT2D eigenvalue weighted by atomic mass is 10.0. The van der Waals surface area contributed by atoms with Gasteiger partial charge in [0.25, 0.3) is 5.91 Å². The van der Waals surface area contributed by atoms with E-state index in [1.165, 1.54) is 0 Å². The van der Waals surface area contributed by atoms with E-state index in [-0.39, 0.29) is 11.9 Å². The normalized spacial score (nSPS) is 24.7. The van der Waals surface area contributed by atoms with E-state index in [2.05, 4.69) is 41.0 Å². The molecule has 2 aliphatic rings. The maximum absolute atomic E-state index is 12.7. The Morgan fingerprint density at radius 1 is 1.28 bits per heavy atom. The Hall–Kier alpha value is -1.92. The van der Waals surface area contributed by atoms with Crippen molar-refractivity contribution in [1.29, 1.82) is 0 Å². The van der Waals surface area contributed by atoms with Crippen molar-refractivity contribution in [2.75, 3.05) is 13.1 Å². The predicted octanol–water partition coefficient (Wildman–Crippen LogP) is 3.49. The highest BCUT2D eigenvalue weighted by molar-refractivity contribution is 6.30. The van der Waals surface area contributed by atoms with Crippen LogP contribution in [0.4, 0.5) is 0 Å². The molecule has 1 aromatic carbocycles. The zero-order valence-corrected chi connectivity index (χ0v) is 17.9. The monoisotopic (exact) mass is 415 g/mol. The highest BCUT2D eigenvalue weighted by Crippen LogP contribution is 2.53. The van der Waals surface area contributed by atoms with Crippen LogP contribution in [0.25, 0.3) is 0 Å². The molecule has 2 N–H and O–H groups in total. The van der Waals surface area contributed by atoms with Gasteiger partial charge in [0.05, 0.1) is 5.69 Å². The van der Waals surface area contributed by atoms with Crippen LogP contribution in [0.2, 0.25) is 5.02 Å². The Kier molecular flexibility index (Phi) is 6.20. The van der Waals surface area contributed by atoms with Crippen LogP contribution in [0.5, 0.6) is 0 Å². The lowest BCUT2D eigenvalue weighted by Gasteiger charge is -2.24. The number of hydrogen-bond donors (Lipinski definition) is 2. The van der Waals surface area contributed by atoms with E-state index in [9.17, 15) is 4.79 Å². The summed E-state index contributed by atoms with van der Waals surface area (Å²) in [6.07, 6.45) is 5.28. The molecule has 1 amide bonds. The maximum atomic E-state index is 12.7. The van der Waals surface area contributed by atoms with Gasteiger partial charge in [-0.05, 0) is 54.9 Å². The van der Waals surface area contributed by atoms with Crippen LogP contribution in [0.3, 0.4) is 0 Å². The van der Waals surface area contributed by atoms with E-state index in [4.69, 9.17) is 11.6 Å². The molecule has 1 aromatic heterocycles. The Morgan fingerprint density at radius 3 is 2.66 bits per heavy atom. The van der Waals surface area contributed by atoms with Crippen LogP contribution in [-0.4, -0.2) is 40.0 Å². The number of benzene rings is 1. The van der Waals surface area contributed by atoms with Gasteiger partial charge < -0.3 is 10.6 Å². The molecule has 4 unspecified atom stereocenters. The first kappa shape index (κ1) is 20.4. The molecule has 0 radical (unpaired) electrons. The fraction of sp³-hybridized carbons (Fsp3) is 0.591. The molecule has 6 nitrogen and oxygen atoms in total. The smallest absolute Gasteiger partial charge is 0.251 e. The Bertz CT molecular complexity index is 832. The van der Waals surface area contributed by atoms with Crippen molar-refractivity contribution >= 4 is 17.5 Å². The number of hydrogen-bond acceptors (Lipinski definition) is 4. The van der Waals surface area contributed by atoms with Crippen LogP contribution >= 0.6 is 11.6 Å². The second-order valence-corrected chi connectivity index (χ2v) is 8.80. The molecule has 0 bridgehead atoms. The molecule has 1 aliphatic heterocycles. The third kappa shape index (κ3) is 4.48. The Balaban J connectivity index is 1.33. The summed E-state index contributed by atoms with van der Waals surface area (Å²) >= 11 is 5.94. The average Bonchev–Trinajstić information content (AvgIpc) is 3.20. The second kappa shape index (κ2) is 8.84. The van der Waals surface area contributed by atoms with Gasteiger partial charge in [-0.15, -0.1) is 5.10 Å². The molecular weight excluding hydrogens is 386 g/mol. The van der Waals surface area contributed by atoms with Gasteiger partial charge in [-0.3, -0.25) is 9.48 Å². The van der Waals surface area contributed by atoms with Gasteiger partial charge in [-0.1, -0.05) is 37.1 Å². The van der Waals surface area contributed by atoms with Crippen molar-refractivity contribution in [1.82, 2.24) is 25.6 Å². The number of nitrogens with one attached hydrogen (secondary N) is 2. The van der Waals surface area contributed by atoms with Crippen molar-refractivity contribution in [3.63, 3.8) is 0 Å². The summed E-state index contributed by atoms with van der Waals surface area (Å²) in [5.74, 6) is 2.36. The zero-order valence-electron chi connectivity index (χ0n) is 17.1. The van der Waals surface area contributed by atoms with Crippen LogP contribution < -0.4 is 10.6 Å². The van der Waals surface area contributed by atoms with Gasteiger partial charge in [-0.25, -0.2) is 0 Å². The molecule has 7 heteroatoms. The van der Waals surface area contributed by atoms with Crippen LogP contribution in [0.15, 0.2) is 30.5 Å². The summed E-state index contributed by atoms with van der Waals surface area (Å²) in [6, 6.07) is 7.30. The fourth-order valence-electron chi connectivity index (χ4n) is 4.77. The third-order valence-corrected chi connectivity index (χ3v) is 6.90.